The second-order valence-electron chi connectivity index (χ2n) is 12.4. The van der Waals surface area contributed by atoms with Gasteiger partial charge in [-0.05, 0) is 107 Å². The van der Waals surface area contributed by atoms with E-state index in [2.05, 4.69) is 152 Å². The normalized spacial score (nSPS) is 12.0. The maximum Gasteiger partial charge on any atom is 0.127 e. The van der Waals surface area contributed by atoms with Crippen molar-refractivity contribution in [3.8, 4) is 50.3 Å². The van der Waals surface area contributed by atoms with Gasteiger partial charge >= 0.3 is 0 Å². The van der Waals surface area contributed by atoms with Crippen LogP contribution in [0.15, 0.2) is 152 Å². The molecule has 1 aliphatic carbocycles. The van der Waals surface area contributed by atoms with Crippen LogP contribution in [0.3, 0.4) is 0 Å². The van der Waals surface area contributed by atoms with E-state index < -0.39 is 0 Å². The van der Waals surface area contributed by atoms with Crippen molar-refractivity contribution in [2.24, 2.45) is 0 Å². The third-order valence-corrected chi connectivity index (χ3v) is 9.72. The summed E-state index contributed by atoms with van der Waals surface area (Å²) in [5, 5.41) is 16.7. The Bertz CT molecular complexity index is 2490. The first-order valence-corrected chi connectivity index (χ1v) is 16.3. The van der Waals surface area contributed by atoms with Crippen molar-refractivity contribution in [1.82, 2.24) is 0 Å². The maximum absolute atomic E-state index is 9.48. The molecule has 0 saturated carbocycles. The van der Waals surface area contributed by atoms with Gasteiger partial charge in [0.1, 0.15) is 12.4 Å². The lowest BCUT2D eigenvalue weighted by Crippen LogP contribution is -2.02. The predicted octanol–water partition coefficient (Wildman–Crippen LogP) is 11.1. The topological polar surface area (TPSA) is 29.5 Å². The minimum Gasteiger partial charge on any atom is -0.491 e. The van der Waals surface area contributed by atoms with E-state index >= 15 is 0 Å². The van der Waals surface area contributed by atoms with E-state index in [4.69, 9.17) is 4.74 Å². The van der Waals surface area contributed by atoms with Gasteiger partial charge in [0.05, 0.1) is 6.61 Å². The van der Waals surface area contributed by atoms with Crippen molar-refractivity contribution in [2.75, 3.05) is 13.2 Å². The minimum absolute atomic E-state index is 0.0200. The van der Waals surface area contributed by atoms with E-state index in [-0.39, 0.29) is 13.2 Å². The number of aliphatic hydroxyl groups is 1. The lowest BCUT2D eigenvalue weighted by molar-refractivity contribution is 0.203. The Morgan fingerprint density at radius 1 is 0.468 bits per heavy atom. The van der Waals surface area contributed by atoms with Crippen molar-refractivity contribution in [1.29, 1.82) is 0 Å². The van der Waals surface area contributed by atoms with E-state index in [1.165, 1.54) is 77.2 Å². The Kier molecular flexibility index (Phi) is 6.62. The van der Waals surface area contributed by atoms with Gasteiger partial charge in [-0.15, -0.1) is 0 Å². The fraction of sp³-hybridized carbons (Fsp3) is 0.0667. The summed E-state index contributed by atoms with van der Waals surface area (Å²) < 4.78 is 6.00. The van der Waals surface area contributed by atoms with Crippen molar-refractivity contribution in [3.05, 3.63) is 163 Å². The van der Waals surface area contributed by atoms with E-state index in [0.717, 1.165) is 22.9 Å². The average molecular weight is 605 g/mol. The molecule has 8 aromatic carbocycles. The SMILES string of the molecule is OCCOc1ccc(-c2c(-c3ccc4ccccc4c3)ccc3c2Cc2cc(-c4ccc5ccccc5c4)ccc2-3)c2ccccc12. The first kappa shape index (κ1) is 27.6. The second kappa shape index (κ2) is 11.3. The van der Waals surface area contributed by atoms with Gasteiger partial charge in [-0.1, -0.05) is 133 Å². The van der Waals surface area contributed by atoms with E-state index in [1.807, 2.05) is 0 Å². The number of aliphatic hydroxyl groups excluding tert-OH is 1. The summed E-state index contributed by atoms with van der Waals surface area (Å²) >= 11 is 0. The van der Waals surface area contributed by atoms with E-state index in [1.54, 1.807) is 0 Å². The first-order chi connectivity index (χ1) is 23.2. The smallest absolute Gasteiger partial charge is 0.127 e. The molecule has 47 heavy (non-hydrogen) atoms. The molecule has 2 heteroatoms. The van der Waals surface area contributed by atoms with Gasteiger partial charge in [0.2, 0.25) is 0 Å². The van der Waals surface area contributed by atoms with Gasteiger partial charge in [0.25, 0.3) is 0 Å². The van der Waals surface area contributed by atoms with Crippen LogP contribution < -0.4 is 4.74 Å². The second-order valence-corrected chi connectivity index (χ2v) is 12.4. The summed E-state index contributed by atoms with van der Waals surface area (Å²) in [4.78, 5) is 0. The van der Waals surface area contributed by atoms with Gasteiger partial charge in [-0.3, -0.25) is 0 Å². The number of ether oxygens (including phenoxy) is 1. The number of hydrogen-bond acceptors (Lipinski definition) is 2. The quantitative estimate of drug-likeness (QED) is 0.205. The molecule has 0 amide bonds. The zero-order valence-corrected chi connectivity index (χ0v) is 25.9. The molecule has 0 spiro atoms. The van der Waals surface area contributed by atoms with Gasteiger partial charge in [0.15, 0.2) is 0 Å². The zero-order chi connectivity index (χ0) is 31.3. The van der Waals surface area contributed by atoms with Crippen LogP contribution >= 0.6 is 0 Å². The van der Waals surface area contributed by atoms with Crippen LogP contribution in [0.5, 0.6) is 5.75 Å². The summed E-state index contributed by atoms with van der Waals surface area (Å²) in [5.41, 5.74) is 12.7. The van der Waals surface area contributed by atoms with Crippen molar-refractivity contribution >= 4 is 32.3 Å². The number of hydrogen-bond donors (Lipinski definition) is 1. The number of rotatable bonds is 6. The van der Waals surface area contributed by atoms with E-state index in [0.29, 0.717) is 0 Å². The molecule has 0 fully saturated rings. The highest BCUT2D eigenvalue weighted by Crippen LogP contribution is 2.49. The molecule has 0 aromatic heterocycles. The molecule has 0 bridgehead atoms. The standard InChI is InChI=1S/C45H32O2/c46-23-24-47-44-22-21-42(39-11-5-6-12-41(39)44)45-38(35-16-14-30-8-2-4-10-32(30)26-35)19-20-40-37-18-17-34(27-36(37)28-43(40)45)33-15-13-29-7-1-3-9-31(29)25-33/h1-22,25-27,46H,23-24,28H2. The predicted molar refractivity (Wildman–Crippen MR) is 196 cm³/mol. The highest BCUT2D eigenvalue weighted by Gasteiger charge is 2.26. The van der Waals surface area contributed by atoms with Crippen LogP contribution in [0.25, 0.3) is 76.8 Å². The third kappa shape index (κ3) is 4.69. The van der Waals surface area contributed by atoms with Crippen LogP contribution in [-0.4, -0.2) is 18.3 Å². The molecule has 0 aliphatic heterocycles. The van der Waals surface area contributed by atoms with Crippen molar-refractivity contribution < 1.29 is 9.84 Å². The number of fused-ring (bicyclic) bond motifs is 6. The monoisotopic (exact) mass is 604 g/mol. The van der Waals surface area contributed by atoms with Gasteiger partial charge in [-0.2, -0.15) is 0 Å². The highest BCUT2D eigenvalue weighted by atomic mass is 16.5. The highest BCUT2D eigenvalue weighted by molar-refractivity contribution is 6.06. The fourth-order valence-electron chi connectivity index (χ4n) is 7.50. The zero-order valence-electron chi connectivity index (χ0n) is 25.9. The summed E-state index contributed by atoms with van der Waals surface area (Å²) in [6.07, 6.45) is 0.861. The van der Waals surface area contributed by atoms with Crippen molar-refractivity contribution in [3.63, 3.8) is 0 Å². The average Bonchev–Trinajstić information content (AvgIpc) is 3.51. The van der Waals surface area contributed by atoms with Crippen LogP contribution in [0.1, 0.15) is 11.1 Å². The number of benzene rings is 8. The Labute approximate surface area is 274 Å². The Balaban J connectivity index is 1.24. The Morgan fingerprint density at radius 2 is 1.04 bits per heavy atom. The van der Waals surface area contributed by atoms with Gasteiger partial charge in [0, 0.05) is 5.39 Å². The molecule has 1 aliphatic rings. The summed E-state index contributed by atoms with van der Waals surface area (Å²) in [6.45, 7) is 0.245. The molecule has 0 heterocycles. The minimum atomic E-state index is -0.0200. The van der Waals surface area contributed by atoms with Crippen LogP contribution in [0.4, 0.5) is 0 Å². The summed E-state index contributed by atoms with van der Waals surface area (Å²) in [6, 6.07) is 55.1. The molecule has 0 saturated heterocycles. The molecule has 1 N–H and O–H groups in total. The van der Waals surface area contributed by atoms with Crippen molar-refractivity contribution in [2.45, 2.75) is 6.42 Å². The van der Waals surface area contributed by atoms with Crippen LogP contribution in [0.2, 0.25) is 0 Å². The lowest BCUT2D eigenvalue weighted by Gasteiger charge is -2.19. The van der Waals surface area contributed by atoms with E-state index in [9.17, 15) is 5.11 Å². The Morgan fingerprint density at radius 3 is 1.81 bits per heavy atom. The third-order valence-electron chi connectivity index (χ3n) is 9.72. The molecule has 8 aromatic rings. The van der Waals surface area contributed by atoms with Gasteiger partial charge < -0.3 is 9.84 Å². The molecule has 0 atom stereocenters. The fourth-order valence-corrected chi connectivity index (χ4v) is 7.50. The largest absolute Gasteiger partial charge is 0.491 e. The molecule has 9 rings (SSSR count). The first-order valence-electron chi connectivity index (χ1n) is 16.3. The van der Waals surface area contributed by atoms with Crippen LogP contribution in [0, 0.1) is 0 Å². The molecule has 0 radical (unpaired) electrons. The molecular weight excluding hydrogens is 572 g/mol. The molecule has 224 valence electrons. The van der Waals surface area contributed by atoms with Crippen LogP contribution in [-0.2, 0) is 6.42 Å². The molecular formula is C45H32O2. The molecule has 0 unspecified atom stereocenters. The lowest BCUT2D eigenvalue weighted by atomic mass is 9.85. The summed E-state index contributed by atoms with van der Waals surface area (Å²) in [7, 11) is 0. The Hall–Kier alpha value is -5.70. The summed E-state index contributed by atoms with van der Waals surface area (Å²) in [5.74, 6) is 0.793. The van der Waals surface area contributed by atoms with Gasteiger partial charge in [-0.25, -0.2) is 0 Å². The molecule has 2 nitrogen and oxygen atoms in total. The maximum atomic E-state index is 9.48.